The molecule has 4 nitrogen and oxygen atoms in total. The Hall–Kier alpha value is -1.89. The summed E-state index contributed by atoms with van der Waals surface area (Å²) in [6.45, 7) is 0.0197. The number of ether oxygens (including phenoxy) is 2. The first-order valence-electron chi connectivity index (χ1n) is 6.47. The van der Waals surface area contributed by atoms with Crippen molar-refractivity contribution >= 4 is 16.5 Å². The van der Waals surface area contributed by atoms with E-state index in [0.717, 1.165) is 28.5 Å². The van der Waals surface area contributed by atoms with Crippen LogP contribution in [0.1, 0.15) is 13.3 Å². The van der Waals surface area contributed by atoms with Crippen LogP contribution in [0.25, 0.3) is 10.4 Å². The van der Waals surface area contributed by atoms with Crippen LogP contribution in [0.2, 0.25) is 0 Å². The molecule has 0 bridgehead atoms. The summed E-state index contributed by atoms with van der Waals surface area (Å²) in [7, 11) is 1.41. The molecule has 1 heterocycles. The van der Waals surface area contributed by atoms with Gasteiger partial charge in [-0.2, -0.15) is 8.78 Å². The summed E-state index contributed by atoms with van der Waals surface area (Å²) in [5.74, 6) is 0.286. The van der Waals surface area contributed by atoms with Crippen LogP contribution in [0.15, 0.2) is 24.4 Å². The molecule has 1 aromatic carbocycles. The number of rotatable bonds is 7. The number of methoxy groups -OCH3 is 1. The van der Waals surface area contributed by atoms with Crippen LogP contribution in [0, 0.1) is 0 Å². The van der Waals surface area contributed by atoms with Crippen molar-refractivity contribution in [2.45, 2.75) is 20.0 Å². The third-order valence-corrected chi connectivity index (χ3v) is 3.70. The number of nitrogens with one attached hydrogen (secondary N) is 1. The Bertz CT molecular complexity index is 590. The SMILES string of the molecule is CCCNc1ncc(-c2ccc(OC)c(OC(F)F)c2)s1. The summed E-state index contributed by atoms with van der Waals surface area (Å²) >= 11 is 1.46. The summed E-state index contributed by atoms with van der Waals surface area (Å²) in [6, 6.07) is 4.92. The van der Waals surface area contributed by atoms with Gasteiger partial charge >= 0.3 is 6.61 Å². The Morgan fingerprint density at radius 3 is 2.81 bits per heavy atom. The van der Waals surface area contributed by atoms with E-state index in [9.17, 15) is 8.78 Å². The highest BCUT2D eigenvalue weighted by Gasteiger charge is 2.13. The van der Waals surface area contributed by atoms with Gasteiger partial charge in [-0.1, -0.05) is 18.3 Å². The van der Waals surface area contributed by atoms with Crippen molar-refractivity contribution in [3.8, 4) is 21.9 Å². The molecular weight excluding hydrogens is 298 g/mol. The molecule has 1 aromatic heterocycles. The normalized spacial score (nSPS) is 10.7. The van der Waals surface area contributed by atoms with E-state index in [1.807, 2.05) is 0 Å². The van der Waals surface area contributed by atoms with E-state index < -0.39 is 6.61 Å². The number of nitrogens with zero attached hydrogens (tertiary/aromatic N) is 1. The van der Waals surface area contributed by atoms with Crippen molar-refractivity contribution in [3.05, 3.63) is 24.4 Å². The number of hydrogen-bond acceptors (Lipinski definition) is 5. The predicted octanol–water partition coefficient (Wildman–Crippen LogP) is 4.24. The second-order valence-electron chi connectivity index (χ2n) is 4.20. The van der Waals surface area contributed by atoms with E-state index in [1.165, 1.54) is 24.5 Å². The zero-order chi connectivity index (χ0) is 15.2. The molecule has 7 heteroatoms. The van der Waals surface area contributed by atoms with Crippen molar-refractivity contribution < 1.29 is 18.3 Å². The summed E-state index contributed by atoms with van der Waals surface area (Å²) in [5, 5.41) is 3.99. The van der Waals surface area contributed by atoms with Crippen LogP contribution < -0.4 is 14.8 Å². The molecule has 21 heavy (non-hydrogen) atoms. The number of anilines is 1. The van der Waals surface area contributed by atoms with Crippen LogP contribution in [0.5, 0.6) is 11.5 Å². The Labute approximate surface area is 125 Å². The quantitative estimate of drug-likeness (QED) is 0.830. The molecule has 0 aliphatic carbocycles. The van der Waals surface area contributed by atoms with E-state index in [4.69, 9.17) is 4.74 Å². The minimum absolute atomic E-state index is 0.0152. The Morgan fingerprint density at radius 1 is 1.33 bits per heavy atom. The van der Waals surface area contributed by atoms with Crippen molar-refractivity contribution in [2.24, 2.45) is 0 Å². The van der Waals surface area contributed by atoms with Gasteiger partial charge in [-0.05, 0) is 30.2 Å². The Morgan fingerprint density at radius 2 is 2.14 bits per heavy atom. The second-order valence-corrected chi connectivity index (χ2v) is 5.23. The molecule has 0 amide bonds. The lowest BCUT2D eigenvalue weighted by Gasteiger charge is -2.10. The summed E-state index contributed by atoms with van der Waals surface area (Å²) < 4.78 is 34.3. The third-order valence-electron chi connectivity index (χ3n) is 2.70. The molecule has 2 aromatic rings. The average Bonchev–Trinajstić information content (AvgIpc) is 2.93. The maximum absolute atomic E-state index is 12.4. The maximum Gasteiger partial charge on any atom is 0.387 e. The van der Waals surface area contributed by atoms with E-state index in [1.54, 1.807) is 18.3 Å². The van der Waals surface area contributed by atoms with E-state index in [2.05, 4.69) is 22.0 Å². The minimum Gasteiger partial charge on any atom is -0.493 e. The summed E-state index contributed by atoms with van der Waals surface area (Å²) in [4.78, 5) is 5.12. The van der Waals surface area contributed by atoms with Crippen LogP contribution in [0.4, 0.5) is 13.9 Å². The zero-order valence-corrected chi connectivity index (χ0v) is 12.5. The molecule has 0 saturated heterocycles. The maximum atomic E-state index is 12.4. The van der Waals surface area contributed by atoms with Gasteiger partial charge in [0.25, 0.3) is 0 Å². The van der Waals surface area contributed by atoms with Gasteiger partial charge in [0.2, 0.25) is 0 Å². The van der Waals surface area contributed by atoms with Gasteiger partial charge in [0, 0.05) is 12.7 Å². The lowest BCUT2D eigenvalue weighted by molar-refractivity contribution is -0.0511. The number of benzene rings is 1. The fourth-order valence-corrected chi connectivity index (χ4v) is 2.58. The molecule has 0 aliphatic rings. The fraction of sp³-hybridized carbons (Fsp3) is 0.357. The van der Waals surface area contributed by atoms with Gasteiger partial charge in [-0.15, -0.1) is 0 Å². The molecule has 0 saturated carbocycles. The van der Waals surface area contributed by atoms with Gasteiger partial charge < -0.3 is 14.8 Å². The number of thiazole rings is 1. The van der Waals surface area contributed by atoms with Crippen molar-refractivity contribution in [2.75, 3.05) is 19.0 Å². The first-order valence-corrected chi connectivity index (χ1v) is 7.28. The molecule has 0 atom stereocenters. The van der Waals surface area contributed by atoms with Crippen molar-refractivity contribution in [1.82, 2.24) is 4.98 Å². The molecule has 0 unspecified atom stereocenters. The van der Waals surface area contributed by atoms with E-state index in [0.29, 0.717) is 0 Å². The van der Waals surface area contributed by atoms with E-state index in [-0.39, 0.29) is 11.5 Å². The largest absolute Gasteiger partial charge is 0.493 e. The average molecular weight is 314 g/mol. The molecule has 0 aliphatic heterocycles. The lowest BCUT2D eigenvalue weighted by atomic mass is 10.2. The van der Waals surface area contributed by atoms with Gasteiger partial charge in [-0.3, -0.25) is 0 Å². The molecule has 114 valence electrons. The van der Waals surface area contributed by atoms with Crippen LogP contribution in [-0.2, 0) is 0 Å². The standard InChI is InChI=1S/C14H16F2N2O2S/c1-3-6-17-14-18-8-12(21-14)9-4-5-10(19-2)11(7-9)20-13(15)16/h4-5,7-8,13H,3,6H2,1-2H3,(H,17,18). The van der Waals surface area contributed by atoms with Gasteiger partial charge in [0.05, 0.1) is 12.0 Å². The van der Waals surface area contributed by atoms with Gasteiger partial charge in [-0.25, -0.2) is 4.98 Å². The molecule has 0 fully saturated rings. The summed E-state index contributed by atoms with van der Waals surface area (Å²) in [5.41, 5.74) is 0.758. The number of halogens is 2. The van der Waals surface area contributed by atoms with Crippen LogP contribution in [-0.4, -0.2) is 25.3 Å². The molecule has 2 rings (SSSR count). The Balaban J connectivity index is 2.24. The highest BCUT2D eigenvalue weighted by molar-refractivity contribution is 7.18. The van der Waals surface area contributed by atoms with Crippen molar-refractivity contribution in [3.63, 3.8) is 0 Å². The van der Waals surface area contributed by atoms with Crippen LogP contribution >= 0.6 is 11.3 Å². The van der Waals surface area contributed by atoms with E-state index >= 15 is 0 Å². The highest BCUT2D eigenvalue weighted by Crippen LogP contribution is 2.36. The second kappa shape index (κ2) is 7.21. The first-order chi connectivity index (χ1) is 10.1. The third kappa shape index (κ3) is 4.04. The van der Waals surface area contributed by atoms with Gasteiger partial charge in [0.1, 0.15) is 0 Å². The topological polar surface area (TPSA) is 43.4 Å². The smallest absolute Gasteiger partial charge is 0.387 e. The minimum atomic E-state index is -2.89. The number of aromatic nitrogens is 1. The zero-order valence-electron chi connectivity index (χ0n) is 11.7. The highest BCUT2D eigenvalue weighted by atomic mass is 32.1. The molecule has 0 radical (unpaired) electrons. The Kier molecular flexibility index (Phi) is 5.32. The molecular formula is C14H16F2N2O2S. The molecule has 1 N–H and O–H groups in total. The summed E-state index contributed by atoms with van der Waals surface area (Å²) in [6.07, 6.45) is 2.71. The first kappa shape index (κ1) is 15.5. The van der Waals surface area contributed by atoms with Crippen LogP contribution in [0.3, 0.4) is 0 Å². The van der Waals surface area contributed by atoms with Crippen molar-refractivity contribution in [1.29, 1.82) is 0 Å². The monoisotopic (exact) mass is 314 g/mol. The molecule has 0 spiro atoms. The predicted molar refractivity (Wildman–Crippen MR) is 79.5 cm³/mol. The number of alkyl halides is 2. The fourth-order valence-electron chi connectivity index (χ4n) is 1.74. The lowest BCUT2D eigenvalue weighted by Crippen LogP contribution is -2.03. The number of hydrogen-bond donors (Lipinski definition) is 1. The van der Waals surface area contributed by atoms with Gasteiger partial charge in [0.15, 0.2) is 16.6 Å².